The molecule has 0 amide bonds. The van der Waals surface area contributed by atoms with Crippen LogP contribution in [0, 0.1) is 0 Å². The Morgan fingerprint density at radius 1 is 1.75 bits per heavy atom. The third kappa shape index (κ3) is 2.55. The van der Waals surface area contributed by atoms with E-state index >= 15 is 0 Å². The number of nitrogens with two attached hydrogens (primary N) is 1. The Labute approximate surface area is 53.8 Å². The standard InChI is InChI=1S/C5H11NOS/c6-1-2-8-4-5-3-7-5/h5H,1-4,6H2. The van der Waals surface area contributed by atoms with E-state index in [0.29, 0.717) is 6.10 Å². The summed E-state index contributed by atoms with van der Waals surface area (Å²) in [5, 5.41) is 0. The van der Waals surface area contributed by atoms with Crippen molar-refractivity contribution < 1.29 is 4.74 Å². The van der Waals surface area contributed by atoms with Crippen LogP contribution in [0.5, 0.6) is 0 Å². The summed E-state index contributed by atoms with van der Waals surface area (Å²) >= 11 is 1.87. The molecule has 1 saturated heterocycles. The van der Waals surface area contributed by atoms with Gasteiger partial charge in [0, 0.05) is 18.1 Å². The van der Waals surface area contributed by atoms with Crippen LogP contribution in [-0.4, -0.2) is 30.8 Å². The molecular formula is C5H11NOS. The number of epoxide rings is 1. The molecule has 1 fully saturated rings. The Morgan fingerprint density at radius 3 is 3.00 bits per heavy atom. The first kappa shape index (κ1) is 6.39. The van der Waals surface area contributed by atoms with Crippen LogP contribution in [0.25, 0.3) is 0 Å². The molecule has 1 rings (SSSR count). The molecule has 0 aliphatic carbocycles. The molecule has 8 heavy (non-hydrogen) atoms. The number of thioether (sulfide) groups is 1. The molecule has 1 unspecified atom stereocenters. The molecule has 2 N–H and O–H groups in total. The molecule has 3 heteroatoms. The molecule has 2 nitrogen and oxygen atoms in total. The van der Waals surface area contributed by atoms with Gasteiger partial charge in [0.05, 0.1) is 12.7 Å². The van der Waals surface area contributed by atoms with E-state index in [0.717, 1.165) is 24.7 Å². The summed E-state index contributed by atoms with van der Waals surface area (Å²) in [6.07, 6.45) is 0.562. The van der Waals surface area contributed by atoms with Crippen molar-refractivity contribution in [3.05, 3.63) is 0 Å². The molecule has 0 spiro atoms. The average molecular weight is 133 g/mol. The van der Waals surface area contributed by atoms with Crippen LogP contribution >= 0.6 is 11.8 Å². The van der Waals surface area contributed by atoms with Gasteiger partial charge in [0.2, 0.25) is 0 Å². The van der Waals surface area contributed by atoms with Crippen LogP contribution in [0.2, 0.25) is 0 Å². The molecule has 0 saturated carbocycles. The van der Waals surface area contributed by atoms with Crippen LogP contribution in [0.3, 0.4) is 0 Å². The highest BCUT2D eigenvalue weighted by Gasteiger charge is 2.21. The van der Waals surface area contributed by atoms with Gasteiger partial charge in [-0.3, -0.25) is 0 Å². The molecule has 48 valence electrons. The van der Waals surface area contributed by atoms with Crippen LogP contribution in [0.4, 0.5) is 0 Å². The van der Waals surface area contributed by atoms with Gasteiger partial charge in [-0.25, -0.2) is 0 Å². The van der Waals surface area contributed by atoms with Crippen LogP contribution in [0.1, 0.15) is 0 Å². The van der Waals surface area contributed by atoms with Crippen molar-refractivity contribution in [2.24, 2.45) is 5.73 Å². The Bertz CT molecular complexity index is 65.4. The quantitative estimate of drug-likeness (QED) is 0.436. The minimum absolute atomic E-state index is 0.562. The van der Waals surface area contributed by atoms with Crippen LogP contribution in [0.15, 0.2) is 0 Å². The van der Waals surface area contributed by atoms with Crippen molar-refractivity contribution >= 4 is 11.8 Å². The van der Waals surface area contributed by atoms with E-state index in [-0.39, 0.29) is 0 Å². The molecule has 1 heterocycles. The number of hydrogen-bond donors (Lipinski definition) is 1. The lowest BCUT2D eigenvalue weighted by Crippen LogP contribution is -2.03. The fraction of sp³-hybridized carbons (Fsp3) is 1.00. The first-order valence-corrected chi connectivity index (χ1v) is 3.98. The largest absolute Gasteiger partial charge is 0.372 e. The first-order valence-electron chi connectivity index (χ1n) is 2.83. The minimum atomic E-state index is 0.562. The van der Waals surface area contributed by atoms with Crippen molar-refractivity contribution in [3.63, 3.8) is 0 Å². The normalized spacial score (nSPS) is 25.9. The zero-order valence-electron chi connectivity index (χ0n) is 4.80. The highest BCUT2D eigenvalue weighted by atomic mass is 32.2. The number of rotatable bonds is 4. The highest BCUT2D eigenvalue weighted by Crippen LogP contribution is 2.14. The Hall–Kier alpha value is 0.270. The van der Waals surface area contributed by atoms with Gasteiger partial charge < -0.3 is 10.5 Å². The second kappa shape index (κ2) is 3.33. The molecule has 0 aromatic rings. The van der Waals surface area contributed by atoms with Gasteiger partial charge in [0.15, 0.2) is 0 Å². The van der Waals surface area contributed by atoms with E-state index in [4.69, 9.17) is 10.5 Å². The van der Waals surface area contributed by atoms with Gasteiger partial charge in [-0.2, -0.15) is 11.8 Å². The lowest BCUT2D eigenvalue weighted by molar-refractivity contribution is 0.426. The second-order valence-electron chi connectivity index (χ2n) is 1.82. The molecular weight excluding hydrogens is 122 g/mol. The zero-order valence-corrected chi connectivity index (χ0v) is 5.62. The molecule has 0 bridgehead atoms. The minimum Gasteiger partial charge on any atom is -0.372 e. The molecule has 0 radical (unpaired) electrons. The predicted octanol–water partition coefficient (Wildman–Crippen LogP) is 0.0771. The smallest absolute Gasteiger partial charge is 0.0900 e. The average Bonchev–Trinajstić information content (AvgIpc) is 2.51. The van der Waals surface area contributed by atoms with Crippen LogP contribution in [-0.2, 0) is 4.74 Å². The summed E-state index contributed by atoms with van der Waals surface area (Å²) in [5.41, 5.74) is 5.27. The monoisotopic (exact) mass is 133 g/mol. The van der Waals surface area contributed by atoms with E-state index in [1.54, 1.807) is 0 Å². The van der Waals surface area contributed by atoms with E-state index in [1.165, 1.54) is 0 Å². The fourth-order valence-electron chi connectivity index (χ4n) is 0.462. The summed E-state index contributed by atoms with van der Waals surface area (Å²) in [4.78, 5) is 0. The summed E-state index contributed by atoms with van der Waals surface area (Å²) < 4.78 is 4.99. The number of hydrogen-bond acceptors (Lipinski definition) is 3. The first-order chi connectivity index (χ1) is 3.93. The maximum Gasteiger partial charge on any atom is 0.0900 e. The third-order valence-corrected chi connectivity index (χ3v) is 2.10. The van der Waals surface area contributed by atoms with E-state index in [9.17, 15) is 0 Å². The summed E-state index contributed by atoms with van der Waals surface area (Å²) in [6, 6.07) is 0. The Morgan fingerprint density at radius 2 is 2.50 bits per heavy atom. The van der Waals surface area contributed by atoms with Crippen molar-refractivity contribution in [1.29, 1.82) is 0 Å². The van der Waals surface area contributed by atoms with Crippen molar-refractivity contribution in [2.45, 2.75) is 6.10 Å². The summed E-state index contributed by atoms with van der Waals surface area (Å²) in [7, 11) is 0. The van der Waals surface area contributed by atoms with Gasteiger partial charge in [-0.15, -0.1) is 0 Å². The SMILES string of the molecule is NCCSCC1CO1. The van der Waals surface area contributed by atoms with Crippen LogP contribution < -0.4 is 5.73 Å². The molecule has 0 aromatic heterocycles. The fourth-order valence-corrected chi connectivity index (χ4v) is 1.25. The molecule has 0 aromatic carbocycles. The molecule has 1 aliphatic rings. The third-order valence-electron chi connectivity index (χ3n) is 0.968. The van der Waals surface area contributed by atoms with E-state index in [2.05, 4.69) is 0 Å². The topological polar surface area (TPSA) is 38.5 Å². The van der Waals surface area contributed by atoms with E-state index < -0.39 is 0 Å². The van der Waals surface area contributed by atoms with Crippen molar-refractivity contribution in [2.75, 3.05) is 24.7 Å². The zero-order chi connectivity index (χ0) is 5.82. The molecule has 1 aliphatic heterocycles. The predicted molar refractivity (Wildman–Crippen MR) is 36.1 cm³/mol. The van der Waals surface area contributed by atoms with E-state index in [1.807, 2.05) is 11.8 Å². The molecule has 1 atom stereocenters. The Kier molecular flexibility index (Phi) is 2.66. The van der Waals surface area contributed by atoms with Gasteiger partial charge in [-0.1, -0.05) is 0 Å². The van der Waals surface area contributed by atoms with Crippen molar-refractivity contribution in [1.82, 2.24) is 0 Å². The number of ether oxygens (including phenoxy) is 1. The maximum absolute atomic E-state index is 5.27. The Balaban J connectivity index is 1.74. The maximum atomic E-state index is 5.27. The van der Waals surface area contributed by atoms with Gasteiger partial charge >= 0.3 is 0 Å². The summed E-state index contributed by atoms with van der Waals surface area (Å²) in [5.74, 6) is 2.21. The van der Waals surface area contributed by atoms with Gasteiger partial charge in [-0.05, 0) is 0 Å². The summed E-state index contributed by atoms with van der Waals surface area (Å²) in [6.45, 7) is 1.76. The second-order valence-corrected chi connectivity index (χ2v) is 2.97. The highest BCUT2D eigenvalue weighted by molar-refractivity contribution is 7.99. The van der Waals surface area contributed by atoms with Gasteiger partial charge in [0.1, 0.15) is 0 Å². The van der Waals surface area contributed by atoms with Gasteiger partial charge in [0.25, 0.3) is 0 Å². The lowest BCUT2D eigenvalue weighted by Gasteiger charge is -1.91. The van der Waals surface area contributed by atoms with Crippen molar-refractivity contribution in [3.8, 4) is 0 Å². The lowest BCUT2D eigenvalue weighted by atomic mass is 10.6.